The fourth-order valence-electron chi connectivity index (χ4n) is 1.80. The van der Waals surface area contributed by atoms with Crippen LogP contribution in [0.5, 0.6) is 0 Å². The average Bonchev–Trinajstić information content (AvgIpc) is 2.84. The molecule has 1 aromatic heterocycles. The lowest BCUT2D eigenvalue weighted by molar-refractivity contribution is 0.0114. The number of nitrogens with zero attached hydrogens (tertiary/aromatic N) is 2. The zero-order chi connectivity index (χ0) is 13.2. The summed E-state index contributed by atoms with van der Waals surface area (Å²) in [6.07, 6.45) is 1.09. The van der Waals surface area contributed by atoms with Crippen LogP contribution in [0.2, 0.25) is 0 Å². The predicted octanol–water partition coefficient (Wildman–Crippen LogP) is 2.93. The molecular weight excluding hydrogens is 246 g/mol. The highest BCUT2D eigenvalue weighted by molar-refractivity contribution is 7.98. The minimum atomic E-state index is -0.440. The molecule has 2 heterocycles. The van der Waals surface area contributed by atoms with Crippen LogP contribution in [0.4, 0.5) is 5.82 Å². The second-order valence-corrected chi connectivity index (χ2v) is 5.94. The Morgan fingerprint density at radius 1 is 1.33 bits per heavy atom. The Bertz CT molecular complexity index is 434. The Morgan fingerprint density at radius 3 is 2.78 bits per heavy atom. The van der Waals surface area contributed by atoms with Gasteiger partial charge < -0.3 is 10.1 Å². The normalized spacial score (nSPS) is 14.7. The summed E-state index contributed by atoms with van der Waals surface area (Å²) in [5.74, 6) is 3.75. The summed E-state index contributed by atoms with van der Waals surface area (Å²) >= 11 is 1.89. The quantitative estimate of drug-likeness (QED) is 0.889. The van der Waals surface area contributed by atoms with Crippen LogP contribution in [0.3, 0.4) is 0 Å². The first-order chi connectivity index (χ1) is 8.58. The molecule has 1 aliphatic rings. The summed E-state index contributed by atoms with van der Waals surface area (Å²) in [6.45, 7) is 7.10. The van der Waals surface area contributed by atoms with E-state index in [9.17, 15) is 0 Å². The standard InChI is InChI=1S/C13H21N3OS/c1-5-6-14-11-9-7-18-8-10(9)15-12(16-11)13(2,3)17-4/h5-8H2,1-4H3,(H,14,15,16). The third-order valence-electron chi connectivity index (χ3n) is 3.17. The third kappa shape index (κ3) is 2.62. The molecule has 100 valence electrons. The van der Waals surface area contributed by atoms with Gasteiger partial charge in [0.1, 0.15) is 11.4 Å². The number of fused-ring (bicyclic) bond motifs is 1. The molecule has 0 saturated carbocycles. The van der Waals surface area contributed by atoms with Gasteiger partial charge in [-0.05, 0) is 20.3 Å². The molecule has 1 N–H and O–H groups in total. The number of rotatable bonds is 5. The van der Waals surface area contributed by atoms with Crippen LogP contribution in [0.25, 0.3) is 0 Å². The molecule has 0 saturated heterocycles. The highest BCUT2D eigenvalue weighted by Crippen LogP contribution is 2.34. The maximum absolute atomic E-state index is 5.48. The lowest BCUT2D eigenvalue weighted by atomic mass is 10.1. The van der Waals surface area contributed by atoms with Crippen molar-refractivity contribution in [1.29, 1.82) is 0 Å². The van der Waals surface area contributed by atoms with Gasteiger partial charge in [0.15, 0.2) is 5.82 Å². The zero-order valence-electron chi connectivity index (χ0n) is 11.5. The first-order valence-electron chi connectivity index (χ1n) is 6.35. The Hall–Kier alpha value is -0.810. The van der Waals surface area contributed by atoms with Crippen LogP contribution in [0.1, 0.15) is 44.3 Å². The molecule has 1 aromatic rings. The molecule has 1 aliphatic heterocycles. The van der Waals surface area contributed by atoms with Crippen LogP contribution >= 0.6 is 11.8 Å². The summed E-state index contributed by atoms with van der Waals surface area (Å²) in [5, 5.41) is 3.41. The molecule has 0 spiro atoms. The summed E-state index contributed by atoms with van der Waals surface area (Å²) in [7, 11) is 1.70. The number of ether oxygens (including phenoxy) is 1. The Labute approximate surface area is 113 Å². The van der Waals surface area contributed by atoms with Gasteiger partial charge >= 0.3 is 0 Å². The fraction of sp³-hybridized carbons (Fsp3) is 0.692. The molecule has 0 atom stereocenters. The van der Waals surface area contributed by atoms with Gasteiger partial charge in [0.05, 0.1) is 5.69 Å². The van der Waals surface area contributed by atoms with Crippen molar-refractivity contribution in [3.8, 4) is 0 Å². The number of aromatic nitrogens is 2. The van der Waals surface area contributed by atoms with Crippen LogP contribution in [0, 0.1) is 0 Å². The van der Waals surface area contributed by atoms with Crippen LogP contribution in [-0.4, -0.2) is 23.6 Å². The molecule has 5 heteroatoms. The van der Waals surface area contributed by atoms with Crippen molar-refractivity contribution in [2.24, 2.45) is 0 Å². The average molecular weight is 267 g/mol. The molecule has 0 aliphatic carbocycles. The molecule has 0 radical (unpaired) electrons. The van der Waals surface area contributed by atoms with Gasteiger partial charge in [-0.1, -0.05) is 6.92 Å². The molecule has 0 aromatic carbocycles. The van der Waals surface area contributed by atoms with E-state index in [2.05, 4.69) is 22.2 Å². The maximum atomic E-state index is 5.48. The van der Waals surface area contributed by atoms with E-state index in [1.165, 1.54) is 5.56 Å². The second-order valence-electron chi connectivity index (χ2n) is 4.96. The Kier molecular flexibility index (Phi) is 4.12. The number of thioether (sulfide) groups is 1. The maximum Gasteiger partial charge on any atom is 0.162 e. The second kappa shape index (κ2) is 5.45. The number of hydrogen-bond donors (Lipinski definition) is 1. The molecule has 0 unspecified atom stereocenters. The number of anilines is 1. The van der Waals surface area contributed by atoms with Gasteiger partial charge in [-0.2, -0.15) is 11.8 Å². The van der Waals surface area contributed by atoms with Crippen molar-refractivity contribution in [2.45, 2.75) is 44.3 Å². The van der Waals surface area contributed by atoms with Crippen molar-refractivity contribution < 1.29 is 4.74 Å². The van der Waals surface area contributed by atoms with E-state index in [-0.39, 0.29) is 0 Å². The van der Waals surface area contributed by atoms with E-state index < -0.39 is 5.60 Å². The van der Waals surface area contributed by atoms with Gasteiger partial charge in [0, 0.05) is 30.7 Å². The van der Waals surface area contributed by atoms with Crippen LogP contribution in [-0.2, 0) is 21.8 Å². The van der Waals surface area contributed by atoms with E-state index in [0.29, 0.717) is 0 Å². The Morgan fingerprint density at radius 2 is 2.11 bits per heavy atom. The smallest absolute Gasteiger partial charge is 0.162 e. The number of methoxy groups -OCH3 is 1. The summed E-state index contributed by atoms with van der Waals surface area (Å²) in [6, 6.07) is 0. The van der Waals surface area contributed by atoms with E-state index in [0.717, 1.165) is 41.8 Å². The molecule has 0 fully saturated rings. The fourth-order valence-corrected chi connectivity index (χ4v) is 2.84. The van der Waals surface area contributed by atoms with Gasteiger partial charge in [0.25, 0.3) is 0 Å². The molecule has 4 nitrogen and oxygen atoms in total. The monoisotopic (exact) mass is 267 g/mol. The van der Waals surface area contributed by atoms with Gasteiger partial charge in [-0.25, -0.2) is 9.97 Å². The topological polar surface area (TPSA) is 47.0 Å². The largest absolute Gasteiger partial charge is 0.371 e. The first-order valence-corrected chi connectivity index (χ1v) is 7.51. The van der Waals surface area contributed by atoms with Gasteiger partial charge in [0.2, 0.25) is 0 Å². The van der Waals surface area contributed by atoms with Crippen LogP contribution in [0.15, 0.2) is 0 Å². The zero-order valence-corrected chi connectivity index (χ0v) is 12.4. The van der Waals surface area contributed by atoms with Crippen molar-refractivity contribution >= 4 is 17.6 Å². The number of nitrogens with one attached hydrogen (secondary N) is 1. The first kappa shape index (κ1) is 13.6. The number of hydrogen-bond acceptors (Lipinski definition) is 5. The van der Waals surface area contributed by atoms with E-state index in [1.54, 1.807) is 7.11 Å². The molecule has 2 rings (SSSR count). The summed E-state index contributed by atoms with van der Waals surface area (Å²) in [5.41, 5.74) is 1.99. The predicted molar refractivity (Wildman–Crippen MR) is 75.8 cm³/mol. The van der Waals surface area contributed by atoms with E-state index in [1.807, 2.05) is 25.6 Å². The van der Waals surface area contributed by atoms with Crippen molar-refractivity contribution in [3.63, 3.8) is 0 Å². The summed E-state index contributed by atoms with van der Waals surface area (Å²) < 4.78 is 5.48. The highest BCUT2D eigenvalue weighted by atomic mass is 32.2. The minimum Gasteiger partial charge on any atom is -0.371 e. The van der Waals surface area contributed by atoms with Crippen molar-refractivity contribution in [1.82, 2.24) is 9.97 Å². The Balaban J connectivity index is 2.39. The van der Waals surface area contributed by atoms with Crippen molar-refractivity contribution in [2.75, 3.05) is 19.0 Å². The SMILES string of the molecule is CCCNc1nc(C(C)(C)OC)nc2c1CSC2. The van der Waals surface area contributed by atoms with Crippen molar-refractivity contribution in [3.05, 3.63) is 17.1 Å². The molecular formula is C13H21N3OS. The highest BCUT2D eigenvalue weighted by Gasteiger charge is 2.28. The molecule has 18 heavy (non-hydrogen) atoms. The molecule has 0 amide bonds. The summed E-state index contributed by atoms with van der Waals surface area (Å²) in [4.78, 5) is 9.33. The van der Waals surface area contributed by atoms with E-state index >= 15 is 0 Å². The lowest BCUT2D eigenvalue weighted by Crippen LogP contribution is -2.24. The minimum absolute atomic E-state index is 0.440. The van der Waals surface area contributed by atoms with Crippen LogP contribution < -0.4 is 5.32 Å². The van der Waals surface area contributed by atoms with E-state index in [4.69, 9.17) is 4.74 Å². The van der Waals surface area contributed by atoms with Gasteiger partial charge in [-0.3, -0.25) is 0 Å². The lowest BCUT2D eigenvalue weighted by Gasteiger charge is -2.23. The van der Waals surface area contributed by atoms with Gasteiger partial charge in [-0.15, -0.1) is 0 Å². The third-order valence-corrected chi connectivity index (χ3v) is 4.14. The molecule has 0 bridgehead atoms.